The summed E-state index contributed by atoms with van der Waals surface area (Å²) in [5.74, 6) is 0.668. The normalized spacial score (nSPS) is 12.4. The molecule has 16 heavy (non-hydrogen) atoms. The number of nitrogens with one attached hydrogen (secondary N) is 1. The molecule has 0 bridgehead atoms. The van der Waals surface area contributed by atoms with Crippen molar-refractivity contribution in [3.8, 4) is 0 Å². The zero-order chi connectivity index (χ0) is 12.2. The number of imidazole rings is 1. The zero-order valence-corrected chi connectivity index (χ0v) is 11.2. The van der Waals surface area contributed by atoms with Crippen molar-refractivity contribution in [2.45, 2.75) is 47.7 Å². The van der Waals surface area contributed by atoms with Crippen molar-refractivity contribution in [1.29, 1.82) is 0 Å². The highest BCUT2D eigenvalue weighted by molar-refractivity contribution is 4.99. The van der Waals surface area contributed by atoms with E-state index < -0.39 is 0 Å². The summed E-state index contributed by atoms with van der Waals surface area (Å²) in [6.45, 7) is 14.2. The van der Waals surface area contributed by atoms with E-state index in [9.17, 15) is 0 Å². The third kappa shape index (κ3) is 3.34. The molecule has 0 aliphatic carbocycles. The molecule has 0 saturated heterocycles. The van der Waals surface area contributed by atoms with Gasteiger partial charge in [-0.2, -0.15) is 0 Å². The second kappa shape index (κ2) is 5.48. The summed E-state index contributed by atoms with van der Waals surface area (Å²) in [6, 6.07) is 0. The van der Waals surface area contributed by atoms with Gasteiger partial charge in [0.15, 0.2) is 0 Å². The van der Waals surface area contributed by atoms with Crippen LogP contribution in [-0.2, 0) is 13.1 Å². The lowest BCUT2D eigenvalue weighted by molar-refractivity contribution is 0.207. The molecule has 0 aromatic carbocycles. The molecule has 1 aromatic heterocycles. The van der Waals surface area contributed by atoms with E-state index in [1.165, 1.54) is 5.69 Å². The van der Waals surface area contributed by atoms with Crippen molar-refractivity contribution in [3.63, 3.8) is 0 Å². The van der Waals surface area contributed by atoms with Crippen LogP contribution in [0, 0.1) is 11.3 Å². The maximum atomic E-state index is 4.24. The monoisotopic (exact) mass is 223 g/mol. The highest BCUT2D eigenvalue weighted by Gasteiger charge is 2.23. The molecule has 1 heterocycles. The van der Waals surface area contributed by atoms with Gasteiger partial charge in [-0.05, 0) is 17.9 Å². The molecule has 3 heteroatoms. The van der Waals surface area contributed by atoms with Gasteiger partial charge >= 0.3 is 0 Å². The standard InChI is InChI=1S/C13H25N3/c1-6-14-7-12-8-15-10-16(12)9-13(4,5)11(2)3/h8,10-11,14H,6-7,9H2,1-5H3. The van der Waals surface area contributed by atoms with E-state index in [2.05, 4.69) is 49.5 Å². The predicted molar refractivity (Wildman–Crippen MR) is 68.2 cm³/mol. The highest BCUT2D eigenvalue weighted by Crippen LogP contribution is 2.28. The van der Waals surface area contributed by atoms with Crippen LogP contribution in [0.1, 0.15) is 40.3 Å². The number of aromatic nitrogens is 2. The Morgan fingerprint density at radius 1 is 1.44 bits per heavy atom. The molecule has 0 fully saturated rings. The molecule has 0 amide bonds. The quantitative estimate of drug-likeness (QED) is 0.803. The van der Waals surface area contributed by atoms with Crippen molar-refractivity contribution < 1.29 is 0 Å². The van der Waals surface area contributed by atoms with Crippen molar-refractivity contribution in [2.24, 2.45) is 11.3 Å². The van der Waals surface area contributed by atoms with Crippen LogP contribution in [0.4, 0.5) is 0 Å². The van der Waals surface area contributed by atoms with E-state index in [4.69, 9.17) is 0 Å². The average Bonchev–Trinajstić information content (AvgIpc) is 2.61. The Bertz CT molecular complexity index is 313. The van der Waals surface area contributed by atoms with Gasteiger partial charge in [-0.15, -0.1) is 0 Å². The van der Waals surface area contributed by atoms with Gasteiger partial charge in [0.2, 0.25) is 0 Å². The minimum atomic E-state index is 0.307. The van der Waals surface area contributed by atoms with E-state index in [0.717, 1.165) is 19.6 Å². The summed E-state index contributed by atoms with van der Waals surface area (Å²) in [6.07, 6.45) is 3.90. The molecular formula is C13H25N3. The minimum absolute atomic E-state index is 0.307. The van der Waals surface area contributed by atoms with Crippen LogP contribution in [0.2, 0.25) is 0 Å². The molecule has 1 rings (SSSR count). The van der Waals surface area contributed by atoms with Crippen LogP contribution in [0.5, 0.6) is 0 Å². The summed E-state index contributed by atoms with van der Waals surface area (Å²) in [5.41, 5.74) is 1.58. The van der Waals surface area contributed by atoms with Crippen LogP contribution < -0.4 is 5.32 Å². The smallest absolute Gasteiger partial charge is 0.0948 e. The molecule has 0 atom stereocenters. The van der Waals surface area contributed by atoms with Gasteiger partial charge in [0.05, 0.1) is 12.0 Å². The third-order valence-corrected chi connectivity index (χ3v) is 3.50. The average molecular weight is 223 g/mol. The van der Waals surface area contributed by atoms with Gasteiger partial charge in [-0.1, -0.05) is 34.6 Å². The minimum Gasteiger partial charge on any atom is -0.333 e. The summed E-state index contributed by atoms with van der Waals surface area (Å²) in [4.78, 5) is 4.24. The topological polar surface area (TPSA) is 29.9 Å². The summed E-state index contributed by atoms with van der Waals surface area (Å²) >= 11 is 0. The molecule has 0 spiro atoms. The van der Waals surface area contributed by atoms with Crippen LogP contribution in [0.25, 0.3) is 0 Å². The Hall–Kier alpha value is -0.830. The first-order valence-electron chi connectivity index (χ1n) is 6.17. The number of hydrogen-bond donors (Lipinski definition) is 1. The summed E-state index contributed by atoms with van der Waals surface area (Å²) in [7, 11) is 0. The van der Waals surface area contributed by atoms with Gasteiger partial charge in [0, 0.05) is 19.3 Å². The lowest BCUT2D eigenvalue weighted by atomic mass is 9.81. The van der Waals surface area contributed by atoms with Crippen LogP contribution in [0.15, 0.2) is 12.5 Å². The molecule has 3 nitrogen and oxygen atoms in total. The van der Waals surface area contributed by atoms with E-state index in [0.29, 0.717) is 11.3 Å². The SMILES string of the molecule is CCNCc1cncn1CC(C)(C)C(C)C. The van der Waals surface area contributed by atoms with Crippen LogP contribution in [0.3, 0.4) is 0 Å². The van der Waals surface area contributed by atoms with E-state index >= 15 is 0 Å². The third-order valence-electron chi connectivity index (χ3n) is 3.50. The molecule has 1 aromatic rings. The van der Waals surface area contributed by atoms with Crippen LogP contribution >= 0.6 is 0 Å². The fourth-order valence-corrected chi connectivity index (χ4v) is 1.51. The molecule has 0 radical (unpaired) electrons. The van der Waals surface area contributed by atoms with E-state index in [-0.39, 0.29) is 0 Å². The molecule has 1 N–H and O–H groups in total. The Labute approximate surface area is 99.3 Å². The van der Waals surface area contributed by atoms with Gasteiger partial charge in [-0.3, -0.25) is 0 Å². The second-order valence-electron chi connectivity index (χ2n) is 5.44. The maximum Gasteiger partial charge on any atom is 0.0948 e. The number of rotatable bonds is 6. The van der Waals surface area contributed by atoms with Gasteiger partial charge in [0.25, 0.3) is 0 Å². The molecule has 0 saturated carbocycles. The van der Waals surface area contributed by atoms with E-state index in [1.807, 2.05) is 12.5 Å². The first kappa shape index (κ1) is 13.2. The Morgan fingerprint density at radius 3 is 2.69 bits per heavy atom. The first-order chi connectivity index (χ1) is 7.47. The Balaban J connectivity index is 2.70. The Kier molecular flexibility index (Phi) is 4.54. The van der Waals surface area contributed by atoms with Crippen molar-refractivity contribution in [1.82, 2.24) is 14.9 Å². The number of hydrogen-bond acceptors (Lipinski definition) is 2. The predicted octanol–water partition coefficient (Wildman–Crippen LogP) is 2.67. The summed E-state index contributed by atoms with van der Waals surface area (Å²) < 4.78 is 2.27. The Morgan fingerprint density at radius 2 is 2.12 bits per heavy atom. The largest absolute Gasteiger partial charge is 0.333 e. The van der Waals surface area contributed by atoms with Gasteiger partial charge in [-0.25, -0.2) is 4.98 Å². The van der Waals surface area contributed by atoms with Crippen molar-refractivity contribution in [2.75, 3.05) is 6.54 Å². The van der Waals surface area contributed by atoms with Gasteiger partial charge in [0.1, 0.15) is 0 Å². The van der Waals surface area contributed by atoms with Gasteiger partial charge < -0.3 is 9.88 Å². The van der Waals surface area contributed by atoms with Crippen molar-refractivity contribution in [3.05, 3.63) is 18.2 Å². The fourth-order valence-electron chi connectivity index (χ4n) is 1.51. The maximum absolute atomic E-state index is 4.24. The lowest BCUT2D eigenvalue weighted by Gasteiger charge is -2.30. The highest BCUT2D eigenvalue weighted by atomic mass is 15.1. The summed E-state index contributed by atoms with van der Waals surface area (Å²) in [5, 5.41) is 3.35. The molecular weight excluding hydrogens is 198 g/mol. The van der Waals surface area contributed by atoms with Crippen LogP contribution in [-0.4, -0.2) is 16.1 Å². The second-order valence-corrected chi connectivity index (χ2v) is 5.44. The first-order valence-corrected chi connectivity index (χ1v) is 6.17. The number of nitrogens with zero attached hydrogens (tertiary/aromatic N) is 2. The molecule has 0 unspecified atom stereocenters. The molecule has 92 valence electrons. The molecule has 0 aliphatic heterocycles. The van der Waals surface area contributed by atoms with E-state index in [1.54, 1.807) is 0 Å². The fraction of sp³-hybridized carbons (Fsp3) is 0.769. The zero-order valence-electron chi connectivity index (χ0n) is 11.2. The molecule has 0 aliphatic rings. The van der Waals surface area contributed by atoms with Crippen molar-refractivity contribution >= 4 is 0 Å². The lowest BCUT2D eigenvalue weighted by Crippen LogP contribution is -2.27.